The van der Waals surface area contributed by atoms with Gasteiger partial charge in [-0.3, -0.25) is 0 Å². The minimum Gasteiger partial charge on any atom is -0.477 e. The Bertz CT molecular complexity index is 631. The minimum atomic E-state index is -1.01. The summed E-state index contributed by atoms with van der Waals surface area (Å²) < 4.78 is 2.18. The largest absolute Gasteiger partial charge is 0.477 e. The molecule has 0 atom stereocenters. The van der Waals surface area contributed by atoms with Crippen LogP contribution in [0.1, 0.15) is 28.4 Å². The third-order valence-corrected chi connectivity index (χ3v) is 3.29. The number of nitrogens with zero attached hydrogens (tertiary/aromatic N) is 3. The number of aromatic carboxylic acids is 1. The SMILES string of the molecule is Cc1c(-c2cccc(C(=O)O)n2)nc2n1CCC2. The molecular formula is C13H13N3O2. The molecule has 2 aromatic heterocycles. The van der Waals surface area contributed by atoms with Gasteiger partial charge in [0.25, 0.3) is 0 Å². The quantitative estimate of drug-likeness (QED) is 0.874. The predicted molar refractivity (Wildman–Crippen MR) is 65.5 cm³/mol. The highest BCUT2D eigenvalue weighted by molar-refractivity contribution is 5.86. The lowest BCUT2D eigenvalue weighted by molar-refractivity contribution is 0.0690. The van der Waals surface area contributed by atoms with Crippen LogP contribution in [0.5, 0.6) is 0 Å². The van der Waals surface area contributed by atoms with E-state index in [1.165, 1.54) is 6.07 Å². The van der Waals surface area contributed by atoms with Crippen molar-refractivity contribution < 1.29 is 9.90 Å². The van der Waals surface area contributed by atoms with Gasteiger partial charge in [-0.15, -0.1) is 0 Å². The molecule has 0 spiro atoms. The average Bonchev–Trinajstić information content (AvgIpc) is 2.93. The van der Waals surface area contributed by atoms with Gasteiger partial charge in [-0.05, 0) is 25.5 Å². The van der Waals surface area contributed by atoms with Gasteiger partial charge in [-0.25, -0.2) is 14.8 Å². The van der Waals surface area contributed by atoms with E-state index in [0.717, 1.165) is 36.6 Å². The van der Waals surface area contributed by atoms with Gasteiger partial charge in [0.15, 0.2) is 0 Å². The Balaban J connectivity index is 2.10. The third-order valence-electron chi connectivity index (χ3n) is 3.29. The summed E-state index contributed by atoms with van der Waals surface area (Å²) in [5.74, 6) is 0.0614. The van der Waals surface area contributed by atoms with Gasteiger partial charge in [-0.2, -0.15) is 0 Å². The normalized spacial score (nSPS) is 13.6. The van der Waals surface area contributed by atoms with E-state index >= 15 is 0 Å². The van der Waals surface area contributed by atoms with Gasteiger partial charge in [-0.1, -0.05) is 6.07 Å². The molecule has 0 radical (unpaired) electrons. The average molecular weight is 243 g/mol. The molecule has 0 amide bonds. The van der Waals surface area contributed by atoms with E-state index in [4.69, 9.17) is 5.11 Å². The van der Waals surface area contributed by atoms with Crippen LogP contribution in [0.4, 0.5) is 0 Å². The molecule has 0 saturated heterocycles. The van der Waals surface area contributed by atoms with Crippen molar-refractivity contribution in [3.05, 3.63) is 35.4 Å². The number of hydrogen-bond acceptors (Lipinski definition) is 3. The van der Waals surface area contributed by atoms with E-state index in [1.54, 1.807) is 12.1 Å². The fourth-order valence-electron chi connectivity index (χ4n) is 2.40. The van der Waals surface area contributed by atoms with Gasteiger partial charge in [0, 0.05) is 18.7 Å². The molecule has 1 N–H and O–H groups in total. The van der Waals surface area contributed by atoms with E-state index in [2.05, 4.69) is 14.5 Å². The first-order valence-electron chi connectivity index (χ1n) is 5.93. The summed E-state index contributed by atoms with van der Waals surface area (Å²) in [5, 5.41) is 8.95. The van der Waals surface area contributed by atoms with Crippen molar-refractivity contribution in [2.24, 2.45) is 0 Å². The van der Waals surface area contributed by atoms with Crippen LogP contribution in [0.2, 0.25) is 0 Å². The maximum Gasteiger partial charge on any atom is 0.354 e. The Labute approximate surface area is 104 Å². The van der Waals surface area contributed by atoms with Gasteiger partial charge < -0.3 is 9.67 Å². The van der Waals surface area contributed by atoms with Crippen LogP contribution >= 0.6 is 0 Å². The number of rotatable bonds is 2. The molecule has 18 heavy (non-hydrogen) atoms. The standard InChI is InChI=1S/C13H13N3O2/c1-8-12(15-11-6-3-7-16(8)11)9-4-2-5-10(14-9)13(17)18/h2,4-5H,3,6-7H2,1H3,(H,17,18). The van der Waals surface area contributed by atoms with Crippen LogP contribution in [0, 0.1) is 6.92 Å². The second kappa shape index (κ2) is 3.94. The summed E-state index contributed by atoms with van der Waals surface area (Å²) in [7, 11) is 0. The molecule has 0 saturated carbocycles. The Kier molecular flexibility index (Phi) is 2.40. The van der Waals surface area contributed by atoms with Crippen molar-refractivity contribution in [3.8, 4) is 11.4 Å². The van der Waals surface area contributed by atoms with E-state index in [0.29, 0.717) is 5.69 Å². The number of carboxylic acid groups (broad SMARTS) is 1. The molecule has 92 valence electrons. The molecule has 1 aliphatic heterocycles. The lowest BCUT2D eigenvalue weighted by Gasteiger charge is -2.02. The fraction of sp³-hybridized carbons (Fsp3) is 0.308. The van der Waals surface area contributed by atoms with Gasteiger partial charge in [0.05, 0.1) is 5.69 Å². The number of aryl methyl sites for hydroxylation is 1. The van der Waals surface area contributed by atoms with Crippen LogP contribution in [0.25, 0.3) is 11.4 Å². The molecule has 5 heteroatoms. The molecule has 0 aromatic carbocycles. The highest BCUT2D eigenvalue weighted by atomic mass is 16.4. The fourth-order valence-corrected chi connectivity index (χ4v) is 2.40. The molecule has 0 unspecified atom stereocenters. The molecule has 2 aromatic rings. The monoisotopic (exact) mass is 243 g/mol. The number of carbonyl (C=O) groups is 1. The summed E-state index contributed by atoms with van der Waals surface area (Å²) in [6.07, 6.45) is 2.12. The summed E-state index contributed by atoms with van der Waals surface area (Å²) >= 11 is 0. The van der Waals surface area contributed by atoms with Crippen LogP contribution < -0.4 is 0 Å². The van der Waals surface area contributed by atoms with Crippen molar-refractivity contribution in [2.75, 3.05) is 0 Å². The number of imidazole rings is 1. The summed E-state index contributed by atoms with van der Waals surface area (Å²) in [5.41, 5.74) is 2.56. The summed E-state index contributed by atoms with van der Waals surface area (Å²) in [6.45, 7) is 3.00. The molecule has 3 heterocycles. The van der Waals surface area contributed by atoms with Gasteiger partial charge >= 0.3 is 5.97 Å². The zero-order chi connectivity index (χ0) is 12.7. The molecular weight excluding hydrogens is 230 g/mol. The van der Waals surface area contributed by atoms with E-state index in [-0.39, 0.29) is 5.69 Å². The smallest absolute Gasteiger partial charge is 0.354 e. The number of hydrogen-bond donors (Lipinski definition) is 1. The highest BCUT2D eigenvalue weighted by Crippen LogP contribution is 2.26. The topological polar surface area (TPSA) is 68.0 Å². The molecule has 1 aliphatic rings. The molecule has 0 bridgehead atoms. The lowest BCUT2D eigenvalue weighted by atomic mass is 10.2. The summed E-state index contributed by atoms with van der Waals surface area (Å²) in [6, 6.07) is 5.00. The predicted octanol–water partition coefficient (Wildman–Crippen LogP) is 1.90. The first-order valence-corrected chi connectivity index (χ1v) is 5.93. The maximum absolute atomic E-state index is 10.9. The highest BCUT2D eigenvalue weighted by Gasteiger charge is 2.20. The number of pyridine rings is 1. The summed E-state index contributed by atoms with van der Waals surface area (Å²) in [4.78, 5) is 19.6. The van der Waals surface area contributed by atoms with E-state index in [1.807, 2.05) is 6.92 Å². The second-order valence-electron chi connectivity index (χ2n) is 4.43. The van der Waals surface area contributed by atoms with Crippen LogP contribution in [0.15, 0.2) is 18.2 Å². The molecule has 0 aliphatic carbocycles. The van der Waals surface area contributed by atoms with Crippen molar-refractivity contribution in [1.82, 2.24) is 14.5 Å². The zero-order valence-electron chi connectivity index (χ0n) is 10.1. The number of carboxylic acids is 1. The Hall–Kier alpha value is -2.17. The Morgan fingerprint density at radius 3 is 2.94 bits per heavy atom. The van der Waals surface area contributed by atoms with Gasteiger partial charge in [0.1, 0.15) is 17.2 Å². The minimum absolute atomic E-state index is 0.0556. The van der Waals surface area contributed by atoms with Gasteiger partial charge in [0.2, 0.25) is 0 Å². The van der Waals surface area contributed by atoms with Crippen molar-refractivity contribution in [2.45, 2.75) is 26.3 Å². The molecule has 0 fully saturated rings. The first kappa shape index (κ1) is 11.0. The van der Waals surface area contributed by atoms with Crippen molar-refractivity contribution in [1.29, 1.82) is 0 Å². The van der Waals surface area contributed by atoms with Crippen molar-refractivity contribution in [3.63, 3.8) is 0 Å². The zero-order valence-corrected chi connectivity index (χ0v) is 10.1. The Morgan fingerprint density at radius 2 is 2.22 bits per heavy atom. The molecule has 3 rings (SSSR count). The number of fused-ring (bicyclic) bond motifs is 1. The van der Waals surface area contributed by atoms with Crippen LogP contribution in [-0.4, -0.2) is 25.6 Å². The number of aromatic nitrogens is 3. The lowest BCUT2D eigenvalue weighted by Crippen LogP contribution is -2.01. The van der Waals surface area contributed by atoms with Crippen LogP contribution in [-0.2, 0) is 13.0 Å². The maximum atomic E-state index is 10.9. The van der Waals surface area contributed by atoms with E-state index in [9.17, 15) is 4.79 Å². The third kappa shape index (κ3) is 1.59. The Morgan fingerprint density at radius 1 is 1.39 bits per heavy atom. The first-order chi connectivity index (χ1) is 8.66. The molecule has 5 nitrogen and oxygen atoms in total. The van der Waals surface area contributed by atoms with Crippen LogP contribution in [0.3, 0.4) is 0 Å². The van der Waals surface area contributed by atoms with Crippen molar-refractivity contribution >= 4 is 5.97 Å². The second-order valence-corrected chi connectivity index (χ2v) is 4.43. The van der Waals surface area contributed by atoms with E-state index < -0.39 is 5.97 Å².